The Morgan fingerprint density at radius 2 is 1.86 bits per heavy atom. The van der Waals surface area contributed by atoms with Crippen LogP contribution < -0.4 is 0 Å². The lowest BCUT2D eigenvalue weighted by Crippen LogP contribution is -2.46. The lowest BCUT2D eigenvalue weighted by Gasteiger charge is -2.41. The minimum absolute atomic E-state index is 0.119. The fraction of sp³-hybridized carbons (Fsp3) is 1.00. The highest BCUT2D eigenvalue weighted by atomic mass is 19.3. The molecule has 0 N–H and O–H groups in total. The van der Waals surface area contributed by atoms with Crippen molar-refractivity contribution >= 4 is 0 Å². The van der Waals surface area contributed by atoms with Crippen LogP contribution in [0.3, 0.4) is 0 Å². The Labute approximate surface area is 84.5 Å². The lowest BCUT2D eigenvalue weighted by atomic mass is 9.81. The second-order valence-electron chi connectivity index (χ2n) is 4.96. The van der Waals surface area contributed by atoms with E-state index in [0.717, 1.165) is 19.3 Å². The maximum absolute atomic E-state index is 12.9. The molecule has 1 saturated carbocycles. The number of halogens is 2. The van der Waals surface area contributed by atoms with Crippen LogP contribution in [-0.4, -0.2) is 30.5 Å². The monoisotopic (exact) mass is 203 g/mol. The van der Waals surface area contributed by atoms with Gasteiger partial charge >= 0.3 is 0 Å². The highest BCUT2D eigenvalue weighted by molar-refractivity contribution is 4.85. The first-order valence-corrected chi connectivity index (χ1v) is 5.65. The average Bonchev–Trinajstić information content (AvgIpc) is 2.14. The predicted molar refractivity (Wildman–Crippen MR) is 52.6 cm³/mol. The third-order valence-electron chi connectivity index (χ3n) is 3.88. The predicted octanol–water partition coefficient (Wildman–Crippen LogP) is 2.91. The number of hydrogen-bond donors (Lipinski definition) is 0. The molecule has 1 unspecified atom stereocenters. The Morgan fingerprint density at radius 1 is 1.21 bits per heavy atom. The van der Waals surface area contributed by atoms with Crippen LogP contribution in [0.2, 0.25) is 0 Å². The molecule has 1 heterocycles. The molecule has 3 heteroatoms. The van der Waals surface area contributed by atoms with Gasteiger partial charge in [-0.25, -0.2) is 8.78 Å². The third kappa shape index (κ3) is 2.25. The maximum Gasteiger partial charge on any atom is 0.248 e. The molecule has 0 aromatic rings. The zero-order valence-electron chi connectivity index (χ0n) is 8.81. The summed E-state index contributed by atoms with van der Waals surface area (Å²) in [6, 6.07) is 0.687. The molecule has 82 valence electrons. The van der Waals surface area contributed by atoms with Crippen molar-refractivity contribution in [3.63, 3.8) is 0 Å². The minimum atomic E-state index is -2.36. The summed E-state index contributed by atoms with van der Waals surface area (Å²) in [5.41, 5.74) is 0. The zero-order valence-corrected chi connectivity index (χ0v) is 8.81. The number of nitrogens with zero attached hydrogens (tertiary/aromatic N) is 1. The fourth-order valence-corrected chi connectivity index (χ4v) is 2.59. The van der Waals surface area contributed by atoms with Crippen LogP contribution >= 0.6 is 0 Å². The number of rotatable bonds is 2. The molecule has 2 aliphatic rings. The molecule has 2 rings (SSSR count). The van der Waals surface area contributed by atoms with E-state index >= 15 is 0 Å². The van der Waals surface area contributed by atoms with Crippen LogP contribution in [-0.2, 0) is 0 Å². The summed E-state index contributed by atoms with van der Waals surface area (Å²) in [4.78, 5) is 2.34. The quantitative estimate of drug-likeness (QED) is 0.667. The van der Waals surface area contributed by atoms with Gasteiger partial charge in [0.1, 0.15) is 0 Å². The van der Waals surface area contributed by atoms with Crippen LogP contribution in [0.1, 0.15) is 38.5 Å². The van der Waals surface area contributed by atoms with Gasteiger partial charge in [0.15, 0.2) is 0 Å². The van der Waals surface area contributed by atoms with E-state index in [0.29, 0.717) is 12.0 Å². The molecule has 0 aromatic heterocycles. The standard InChI is InChI=1S/C11H19F2N/c1-14-7-4-10(14)8-9-2-5-11(12,13)6-3-9/h9-10H,2-8H2,1H3. The van der Waals surface area contributed by atoms with Crippen molar-refractivity contribution in [2.45, 2.75) is 50.5 Å². The van der Waals surface area contributed by atoms with Crippen molar-refractivity contribution in [2.75, 3.05) is 13.6 Å². The van der Waals surface area contributed by atoms with Gasteiger partial charge in [0, 0.05) is 18.9 Å². The van der Waals surface area contributed by atoms with E-state index in [9.17, 15) is 8.78 Å². The van der Waals surface area contributed by atoms with Gasteiger partial charge in [0.25, 0.3) is 0 Å². The van der Waals surface area contributed by atoms with Gasteiger partial charge in [-0.3, -0.25) is 0 Å². The highest BCUT2D eigenvalue weighted by Crippen LogP contribution is 2.39. The molecule has 1 nitrogen and oxygen atoms in total. The van der Waals surface area contributed by atoms with Crippen molar-refractivity contribution in [3.8, 4) is 0 Å². The van der Waals surface area contributed by atoms with E-state index in [-0.39, 0.29) is 12.8 Å². The lowest BCUT2D eigenvalue weighted by molar-refractivity contribution is -0.0510. The summed E-state index contributed by atoms with van der Waals surface area (Å²) < 4.78 is 25.8. The normalized spacial score (nSPS) is 34.1. The van der Waals surface area contributed by atoms with E-state index < -0.39 is 5.92 Å². The molecule has 1 saturated heterocycles. The number of hydrogen-bond acceptors (Lipinski definition) is 1. The molecule has 1 aliphatic carbocycles. The van der Waals surface area contributed by atoms with Crippen molar-refractivity contribution in [2.24, 2.45) is 5.92 Å². The summed E-state index contributed by atoms with van der Waals surface area (Å²) in [6.45, 7) is 1.19. The SMILES string of the molecule is CN1CCC1CC1CCC(F)(F)CC1. The summed E-state index contributed by atoms with van der Waals surface area (Å²) in [5, 5.41) is 0. The van der Waals surface area contributed by atoms with E-state index in [1.54, 1.807) is 0 Å². The first-order chi connectivity index (χ1) is 6.57. The van der Waals surface area contributed by atoms with Crippen LogP contribution in [0.4, 0.5) is 8.78 Å². The Hall–Kier alpha value is -0.180. The van der Waals surface area contributed by atoms with Gasteiger partial charge in [-0.15, -0.1) is 0 Å². The van der Waals surface area contributed by atoms with Crippen molar-refractivity contribution in [1.29, 1.82) is 0 Å². The van der Waals surface area contributed by atoms with Gasteiger partial charge in [0.2, 0.25) is 5.92 Å². The van der Waals surface area contributed by atoms with Crippen LogP contribution in [0.15, 0.2) is 0 Å². The zero-order chi connectivity index (χ0) is 10.2. The largest absolute Gasteiger partial charge is 0.303 e. The Morgan fingerprint density at radius 3 is 2.29 bits per heavy atom. The van der Waals surface area contributed by atoms with Gasteiger partial charge in [-0.05, 0) is 45.2 Å². The smallest absolute Gasteiger partial charge is 0.248 e. The Bertz CT molecular complexity index is 195. The molecule has 0 bridgehead atoms. The highest BCUT2D eigenvalue weighted by Gasteiger charge is 2.36. The summed E-state index contributed by atoms with van der Waals surface area (Å²) in [6.07, 6.45) is 4.12. The molecule has 0 amide bonds. The number of likely N-dealkylation sites (tertiary alicyclic amines) is 1. The second-order valence-corrected chi connectivity index (χ2v) is 4.96. The molecule has 14 heavy (non-hydrogen) atoms. The van der Waals surface area contributed by atoms with Crippen molar-refractivity contribution in [1.82, 2.24) is 4.90 Å². The first kappa shape index (κ1) is 10.3. The first-order valence-electron chi connectivity index (χ1n) is 5.65. The fourth-order valence-electron chi connectivity index (χ4n) is 2.59. The molecule has 0 aromatic carbocycles. The molecule has 1 aliphatic heterocycles. The van der Waals surface area contributed by atoms with Gasteiger partial charge < -0.3 is 4.90 Å². The summed E-state index contributed by atoms with van der Waals surface area (Å²) >= 11 is 0. The Kier molecular flexibility index (Phi) is 2.78. The molecular formula is C11H19F2N. The van der Waals surface area contributed by atoms with Gasteiger partial charge in [-0.2, -0.15) is 0 Å². The van der Waals surface area contributed by atoms with Crippen LogP contribution in [0.25, 0.3) is 0 Å². The third-order valence-corrected chi connectivity index (χ3v) is 3.88. The van der Waals surface area contributed by atoms with Gasteiger partial charge in [-0.1, -0.05) is 0 Å². The maximum atomic E-state index is 12.9. The van der Waals surface area contributed by atoms with Gasteiger partial charge in [0.05, 0.1) is 0 Å². The summed E-state index contributed by atoms with van der Waals surface area (Å²) in [5.74, 6) is -1.80. The van der Waals surface area contributed by atoms with E-state index in [1.807, 2.05) is 0 Å². The van der Waals surface area contributed by atoms with Crippen molar-refractivity contribution in [3.05, 3.63) is 0 Å². The van der Waals surface area contributed by atoms with Crippen molar-refractivity contribution < 1.29 is 8.78 Å². The Balaban J connectivity index is 1.73. The van der Waals surface area contributed by atoms with E-state index in [4.69, 9.17) is 0 Å². The number of alkyl halides is 2. The van der Waals surface area contributed by atoms with E-state index in [1.165, 1.54) is 13.0 Å². The second kappa shape index (κ2) is 3.76. The van der Waals surface area contributed by atoms with Crippen LogP contribution in [0.5, 0.6) is 0 Å². The van der Waals surface area contributed by atoms with Crippen LogP contribution in [0, 0.1) is 5.92 Å². The topological polar surface area (TPSA) is 3.24 Å². The van der Waals surface area contributed by atoms with E-state index in [2.05, 4.69) is 11.9 Å². The average molecular weight is 203 g/mol. The molecule has 2 fully saturated rings. The minimum Gasteiger partial charge on any atom is -0.303 e. The molecule has 1 atom stereocenters. The molecular weight excluding hydrogens is 184 g/mol. The molecule has 0 radical (unpaired) electrons. The molecule has 0 spiro atoms. The summed E-state index contributed by atoms with van der Waals surface area (Å²) in [7, 11) is 2.13.